The molecule has 1 amide bonds. The van der Waals surface area contributed by atoms with Crippen molar-refractivity contribution in [1.29, 1.82) is 0 Å². The van der Waals surface area contributed by atoms with Crippen molar-refractivity contribution in [1.82, 2.24) is 24.6 Å². The molecule has 1 aliphatic heterocycles. The van der Waals surface area contributed by atoms with Crippen LogP contribution in [0.5, 0.6) is 0 Å². The Kier molecular flexibility index (Phi) is 7.67. The number of nitrogens with zero attached hydrogens (tertiary/aromatic N) is 3. The van der Waals surface area contributed by atoms with Gasteiger partial charge in [-0.15, -0.1) is 0 Å². The molecule has 1 saturated heterocycles. The van der Waals surface area contributed by atoms with Gasteiger partial charge in [-0.05, 0) is 73.4 Å². The number of benzene rings is 3. The lowest BCUT2D eigenvalue weighted by Crippen LogP contribution is -2.39. The molecule has 1 fully saturated rings. The molecule has 0 unspecified atom stereocenters. The van der Waals surface area contributed by atoms with E-state index < -0.39 is 0 Å². The van der Waals surface area contributed by atoms with Gasteiger partial charge in [-0.25, -0.2) is 14.2 Å². The lowest BCUT2D eigenvalue weighted by Gasteiger charge is -2.31. The lowest BCUT2D eigenvalue weighted by molar-refractivity contribution is 0.0822. The predicted molar refractivity (Wildman–Crippen MR) is 154 cm³/mol. The van der Waals surface area contributed by atoms with Crippen LogP contribution in [0.2, 0.25) is 0 Å². The number of likely N-dealkylation sites (tertiary alicyclic amines) is 1. The third kappa shape index (κ3) is 6.09. The van der Waals surface area contributed by atoms with Crippen LogP contribution in [0.1, 0.15) is 35.2 Å². The SMILES string of the molecule is O=C(OCc1ccccc1)N1CCC(Cc2[nH]n(-c3nc4ccccc4[nH]3)c(=O)c2CCc2ccc(F)cc2)CC1. The second-order valence-electron chi connectivity index (χ2n) is 10.6. The van der Waals surface area contributed by atoms with E-state index in [1.54, 1.807) is 17.0 Å². The normalized spacial score (nSPS) is 14.0. The van der Waals surface area contributed by atoms with Gasteiger partial charge < -0.3 is 14.6 Å². The van der Waals surface area contributed by atoms with Crippen LogP contribution in [-0.2, 0) is 30.6 Å². The minimum absolute atomic E-state index is 0.136. The zero-order chi connectivity index (χ0) is 28.2. The number of fused-ring (bicyclic) bond motifs is 1. The number of rotatable bonds is 8. The maximum Gasteiger partial charge on any atom is 0.410 e. The van der Waals surface area contributed by atoms with Crippen LogP contribution in [0.25, 0.3) is 17.0 Å². The van der Waals surface area contributed by atoms with E-state index in [2.05, 4.69) is 15.1 Å². The van der Waals surface area contributed by atoms with E-state index in [-0.39, 0.29) is 24.1 Å². The molecule has 8 nitrogen and oxygen atoms in total. The Balaban J connectivity index is 1.16. The van der Waals surface area contributed by atoms with E-state index >= 15 is 0 Å². The fraction of sp³-hybridized carbons (Fsp3) is 0.281. The number of ether oxygens (including phenoxy) is 1. The molecule has 1 aliphatic rings. The third-order valence-electron chi connectivity index (χ3n) is 7.81. The van der Waals surface area contributed by atoms with Crippen LogP contribution in [0.4, 0.5) is 9.18 Å². The smallest absolute Gasteiger partial charge is 0.410 e. The van der Waals surface area contributed by atoms with Gasteiger partial charge in [-0.1, -0.05) is 54.6 Å². The van der Waals surface area contributed by atoms with Gasteiger partial charge in [0.1, 0.15) is 12.4 Å². The highest BCUT2D eigenvalue weighted by Crippen LogP contribution is 2.24. The first kappa shape index (κ1) is 26.6. The molecule has 0 radical (unpaired) electrons. The van der Waals surface area contributed by atoms with Crippen LogP contribution in [0.3, 0.4) is 0 Å². The van der Waals surface area contributed by atoms with Crippen molar-refractivity contribution in [3.63, 3.8) is 0 Å². The fourth-order valence-electron chi connectivity index (χ4n) is 5.48. The van der Waals surface area contributed by atoms with Crippen molar-refractivity contribution in [2.75, 3.05) is 13.1 Å². The molecule has 0 bridgehead atoms. The fourth-order valence-corrected chi connectivity index (χ4v) is 5.48. The first-order valence-electron chi connectivity index (χ1n) is 14.0. The number of nitrogens with one attached hydrogen (secondary N) is 2. The second kappa shape index (κ2) is 11.8. The highest BCUT2D eigenvalue weighted by molar-refractivity contribution is 5.75. The van der Waals surface area contributed by atoms with Gasteiger partial charge >= 0.3 is 6.09 Å². The van der Waals surface area contributed by atoms with Gasteiger partial charge in [0, 0.05) is 24.3 Å². The van der Waals surface area contributed by atoms with Gasteiger partial charge in [0.2, 0.25) is 5.95 Å². The summed E-state index contributed by atoms with van der Waals surface area (Å²) in [4.78, 5) is 35.9. The number of H-pyrrole nitrogens is 2. The van der Waals surface area contributed by atoms with E-state index in [1.165, 1.54) is 16.8 Å². The Morgan fingerprint density at radius 2 is 1.66 bits per heavy atom. The van der Waals surface area contributed by atoms with Crippen molar-refractivity contribution in [2.24, 2.45) is 5.92 Å². The summed E-state index contributed by atoms with van der Waals surface area (Å²) in [5.41, 5.74) is 5.01. The highest BCUT2D eigenvalue weighted by Gasteiger charge is 2.26. The van der Waals surface area contributed by atoms with Gasteiger partial charge in [0.15, 0.2) is 0 Å². The number of aromatic nitrogens is 4. The maximum atomic E-state index is 13.7. The molecule has 2 N–H and O–H groups in total. The summed E-state index contributed by atoms with van der Waals surface area (Å²) in [6.45, 7) is 1.48. The third-order valence-corrected chi connectivity index (χ3v) is 7.81. The summed E-state index contributed by atoms with van der Waals surface area (Å²) in [5.74, 6) is 0.472. The Bertz CT molecular complexity index is 1650. The lowest BCUT2D eigenvalue weighted by atomic mass is 9.90. The zero-order valence-corrected chi connectivity index (χ0v) is 22.7. The number of carbonyl (C=O) groups is 1. The summed E-state index contributed by atoms with van der Waals surface area (Å²) >= 11 is 0. The number of hydrogen-bond acceptors (Lipinski definition) is 4. The molecule has 0 saturated carbocycles. The predicted octanol–water partition coefficient (Wildman–Crippen LogP) is 5.56. The van der Waals surface area contributed by atoms with Crippen LogP contribution in [0.15, 0.2) is 83.7 Å². The van der Waals surface area contributed by atoms with Gasteiger partial charge in [-0.3, -0.25) is 9.89 Å². The van der Waals surface area contributed by atoms with Gasteiger partial charge in [0.25, 0.3) is 5.56 Å². The molecule has 5 aromatic rings. The first-order chi connectivity index (χ1) is 20.0. The summed E-state index contributed by atoms with van der Waals surface area (Å²) in [6.07, 6.45) is 3.16. The molecule has 9 heteroatoms. The van der Waals surface area contributed by atoms with E-state index in [1.807, 2.05) is 54.6 Å². The van der Waals surface area contributed by atoms with Crippen molar-refractivity contribution in [3.8, 4) is 5.95 Å². The molecule has 2 aromatic heterocycles. The van der Waals surface area contributed by atoms with Crippen molar-refractivity contribution in [3.05, 3.63) is 117 Å². The Hall–Kier alpha value is -4.66. The minimum atomic E-state index is -0.295. The van der Waals surface area contributed by atoms with Gasteiger partial charge in [0.05, 0.1) is 11.0 Å². The monoisotopic (exact) mass is 553 g/mol. The summed E-state index contributed by atoms with van der Waals surface area (Å²) < 4.78 is 20.4. The molecule has 41 heavy (non-hydrogen) atoms. The van der Waals surface area contributed by atoms with Crippen molar-refractivity contribution in [2.45, 2.75) is 38.7 Å². The van der Waals surface area contributed by atoms with Gasteiger partial charge in [-0.2, -0.15) is 4.68 Å². The molecule has 210 valence electrons. The number of aryl methyl sites for hydroxylation is 1. The number of carbonyl (C=O) groups excluding carboxylic acids is 1. The number of para-hydroxylation sites is 2. The summed E-state index contributed by atoms with van der Waals surface area (Å²) in [7, 11) is 0. The topological polar surface area (TPSA) is 96.0 Å². The van der Waals surface area contributed by atoms with E-state index in [0.717, 1.165) is 40.7 Å². The molecular formula is C32H32FN5O3. The van der Waals surface area contributed by atoms with Crippen LogP contribution in [0, 0.1) is 11.7 Å². The van der Waals surface area contributed by atoms with Crippen LogP contribution in [-0.4, -0.2) is 43.8 Å². The average Bonchev–Trinajstić information content (AvgIpc) is 3.57. The molecule has 0 spiro atoms. The maximum absolute atomic E-state index is 13.7. The Morgan fingerprint density at radius 3 is 2.41 bits per heavy atom. The number of halogens is 1. The number of imidazole rings is 1. The first-order valence-corrected chi connectivity index (χ1v) is 14.0. The van der Waals surface area contributed by atoms with Crippen LogP contribution < -0.4 is 5.56 Å². The van der Waals surface area contributed by atoms with E-state index in [9.17, 15) is 14.0 Å². The Morgan fingerprint density at radius 1 is 0.927 bits per heavy atom. The minimum Gasteiger partial charge on any atom is -0.445 e. The highest BCUT2D eigenvalue weighted by atomic mass is 19.1. The standard InChI is InChI=1S/C32H32FN5O3/c33-25-13-10-22(11-14-25)12-15-26-29(36-38(30(26)39)31-34-27-8-4-5-9-28(27)35-31)20-23-16-18-37(19-17-23)32(40)41-21-24-6-2-1-3-7-24/h1-11,13-14,23,36H,12,15-21H2,(H,34,35). The summed E-state index contributed by atoms with van der Waals surface area (Å²) in [5, 5.41) is 3.34. The van der Waals surface area contributed by atoms with Crippen molar-refractivity contribution < 1.29 is 13.9 Å². The van der Waals surface area contributed by atoms with E-state index in [0.29, 0.717) is 49.8 Å². The quantitative estimate of drug-likeness (QED) is 0.263. The number of piperidine rings is 1. The zero-order valence-electron chi connectivity index (χ0n) is 22.7. The molecule has 0 atom stereocenters. The van der Waals surface area contributed by atoms with Crippen molar-refractivity contribution >= 4 is 17.1 Å². The molecule has 0 aliphatic carbocycles. The van der Waals surface area contributed by atoms with E-state index in [4.69, 9.17) is 4.74 Å². The average molecular weight is 554 g/mol. The largest absolute Gasteiger partial charge is 0.445 e. The molecule has 3 heterocycles. The van der Waals surface area contributed by atoms with Crippen LogP contribution >= 0.6 is 0 Å². The molecule has 6 rings (SSSR count). The Labute approximate surface area is 236 Å². The molecule has 3 aromatic carbocycles. The number of amides is 1. The summed E-state index contributed by atoms with van der Waals surface area (Å²) in [6, 6.07) is 23.7. The molecular weight excluding hydrogens is 521 g/mol. The number of aromatic amines is 2. The second-order valence-corrected chi connectivity index (χ2v) is 10.6. The number of hydrogen-bond donors (Lipinski definition) is 2.